The summed E-state index contributed by atoms with van der Waals surface area (Å²) in [4.78, 5) is 16.3. The number of nitrogens with one attached hydrogen (secondary N) is 1. The SMILES string of the molecule is Cc1csc(NC(=O)Cc2cn(C)c3ccccc23)n1. The lowest BCUT2D eigenvalue weighted by atomic mass is 10.1. The monoisotopic (exact) mass is 285 g/mol. The quantitative estimate of drug-likeness (QED) is 0.803. The Morgan fingerprint density at radius 2 is 2.20 bits per heavy atom. The zero-order chi connectivity index (χ0) is 14.1. The third kappa shape index (κ3) is 2.44. The average Bonchev–Trinajstić information content (AvgIpc) is 2.95. The summed E-state index contributed by atoms with van der Waals surface area (Å²) in [6, 6.07) is 8.10. The number of carbonyl (C=O) groups is 1. The minimum absolute atomic E-state index is 0.0318. The van der Waals surface area contributed by atoms with E-state index in [1.807, 2.05) is 48.3 Å². The summed E-state index contributed by atoms with van der Waals surface area (Å²) >= 11 is 1.45. The van der Waals surface area contributed by atoms with Crippen molar-refractivity contribution in [2.75, 3.05) is 5.32 Å². The number of carbonyl (C=O) groups excluding carboxylic acids is 1. The highest BCUT2D eigenvalue weighted by Gasteiger charge is 2.11. The first-order chi connectivity index (χ1) is 9.63. The fourth-order valence-corrected chi connectivity index (χ4v) is 3.02. The standard InChI is InChI=1S/C15H15N3OS/c1-10-9-20-15(16-10)17-14(19)7-11-8-18(2)13-6-4-3-5-12(11)13/h3-6,8-9H,7H2,1-2H3,(H,16,17,19). The van der Waals surface area contributed by atoms with Gasteiger partial charge in [0.2, 0.25) is 5.91 Å². The van der Waals surface area contributed by atoms with Crippen molar-refractivity contribution >= 4 is 33.3 Å². The third-order valence-electron chi connectivity index (χ3n) is 3.20. The molecule has 3 aromatic rings. The minimum atomic E-state index is -0.0318. The molecule has 1 aromatic carbocycles. The van der Waals surface area contributed by atoms with Gasteiger partial charge in [-0.05, 0) is 18.6 Å². The van der Waals surface area contributed by atoms with Crippen molar-refractivity contribution in [1.29, 1.82) is 0 Å². The molecule has 0 aliphatic carbocycles. The van der Waals surface area contributed by atoms with E-state index in [4.69, 9.17) is 0 Å². The van der Waals surface area contributed by atoms with Crippen LogP contribution >= 0.6 is 11.3 Å². The van der Waals surface area contributed by atoms with Gasteiger partial charge in [-0.1, -0.05) is 18.2 Å². The Morgan fingerprint density at radius 3 is 2.95 bits per heavy atom. The zero-order valence-electron chi connectivity index (χ0n) is 11.4. The molecule has 1 amide bonds. The molecular weight excluding hydrogens is 270 g/mol. The van der Waals surface area contributed by atoms with E-state index in [9.17, 15) is 4.79 Å². The van der Waals surface area contributed by atoms with Gasteiger partial charge in [0, 0.05) is 29.5 Å². The first-order valence-electron chi connectivity index (χ1n) is 6.38. The third-order valence-corrected chi connectivity index (χ3v) is 4.07. The number of amides is 1. The number of nitrogens with zero attached hydrogens (tertiary/aromatic N) is 2. The first-order valence-corrected chi connectivity index (χ1v) is 7.26. The van der Waals surface area contributed by atoms with Crippen molar-refractivity contribution in [2.24, 2.45) is 7.05 Å². The van der Waals surface area contributed by atoms with Crippen LogP contribution in [-0.2, 0) is 18.3 Å². The van der Waals surface area contributed by atoms with E-state index in [0.717, 1.165) is 22.2 Å². The van der Waals surface area contributed by atoms with Crippen LogP contribution in [0.15, 0.2) is 35.8 Å². The number of anilines is 1. The van der Waals surface area contributed by atoms with Gasteiger partial charge < -0.3 is 9.88 Å². The Hall–Kier alpha value is -2.14. The molecule has 1 N–H and O–H groups in total. The highest BCUT2D eigenvalue weighted by atomic mass is 32.1. The predicted molar refractivity (Wildman–Crippen MR) is 82.1 cm³/mol. The molecular formula is C15H15N3OS. The van der Waals surface area contributed by atoms with E-state index in [-0.39, 0.29) is 5.91 Å². The summed E-state index contributed by atoms with van der Waals surface area (Å²) in [5, 5.41) is 6.55. The second-order valence-electron chi connectivity index (χ2n) is 4.80. The molecule has 102 valence electrons. The Kier molecular flexibility index (Phi) is 3.28. The summed E-state index contributed by atoms with van der Waals surface area (Å²) in [6.07, 6.45) is 2.37. The van der Waals surface area contributed by atoms with Gasteiger partial charge in [0.25, 0.3) is 0 Å². The number of aryl methyl sites for hydroxylation is 2. The molecule has 0 aliphatic heterocycles. The molecule has 2 aromatic heterocycles. The van der Waals surface area contributed by atoms with E-state index in [1.54, 1.807) is 0 Å². The van der Waals surface area contributed by atoms with Crippen LogP contribution in [0.5, 0.6) is 0 Å². The van der Waals surface area contributed by atoms with Gasteiger partial charge in [-0.25, -0.2) is 4.98 Å². The molecule has 2 heterocycles. The lowest BCUT2D eigenvalue weighted by Crippen LogP contribution is -2.14. The van der Waals surface area contributed by atoms with Crippen LogP contribution in [0.4, 0.5) is 5.13 Å². The molecule has 0 bridgehead atoms. The maximum absolute atomic E-state index is 12.1. The minimum Gasteiger partial charge on any atom is -0.350 e. The van der Waals surface area contributed by atoms with Crippen LogP contribution in [0.25, 0.3) is 10.9 Å². The van der Waals surface area contributed by atoms with Crippen molar-refractivity contribution in [3.8, 4) is 0 Å². The first kappa shape index (κ1) is 12.9. The second-order valence-corrected chi connectivity index (χ2v) is 5.66. The molecule has 0 unspecified atom stereocenters. The lowest BCUT2D eigenvalue weighted by molar-refractivity contribution is -0.115. The molecule has 5 heteroatoms. The van der Waals surface area contributed by atoms with E-state index in [0.29, 0.717) is 11.6 Å². The number of benzene rings is 1. The van der Waals surface area contributed by atoms with Crippen LogP contribution in [0.2, 0.25) is 0 Å². The van der Waals surface area contributed by atoms with Crippen molar-refractivity contribution < 1.29 is 4.79 Å². The largest absolute Gasteiger partial charge is 0.350 e. The smallest absolute Gasteiger partial charge is 0.230 e. The van der Waals surface area contributed by atoms with Gasteiger partial charge in [0.05, 0.1) is 12.1 Å². The molecule has 0 fully saturated rings. The Bertz CT molecular complexity index is 772. The number of hydrogen-bond acceptors (Lipinski definition) is 3. The van der Waals surface area contributed by atoms with Gasteiger partial charge in [-0.3, -0.25) is 4.79 Å². The maximum Gasteiger partial charge on any atom is 0.230 e. The summed E-state index contributed by atoms with van der Waals surface area (Å²) in [7, 11) is 1.99. The number of thiazole rings is 1. The molecule has 0 atom stereocenters. The Morgan fingerprint density at radius 1 is 1.40 bits per heavy atom. The number of para-hydroxylation sites is 1. The lowest BCUT2D eigenvalue weighted by Gasteiger charge is -2.00. The topological polar surface area (TPSA) is 46.9 Å². The van der Waals surface area contributed by atoms with E-state index in [1.165, 1.54) is 11.3 Å². The normalized spacial score (nSPS) is 10.9. The van der Waals surface area contributed by atoms with Gasteiger partial charge in [-0.2, -0.15) is 0 Å². The molecule has 0 saturated heterocycles. The number of rotatable bonds is 3. The number of hydrogen-bond donors (Lipinski definition) is 1. The van der Waals surface area contributed by atoms with E-state index < -0.39 is 0 Å². The van der Waals surface area contributed by atoms with E-state index >= 15 is 0 Å². The summed E-state index contributed by atoms with van der Waals surface area (Å²) in [5.41, 5.74) is 3.10. The molecule has 0 saturated carbocycles. The zero-order valence-corrected chi connectivity index (χ0v) is 12.2. The molecule has 0 radical (unpaired) electrons. The fourth-order valence-electron chi connectivity index (χ4n) is 2.31. The van der Waals surface area contributed by atoms with Gasteiger partial charge in [-0.15, -0.1) is 11.3 Å². The molecule has 0 aliphatic rings. The van der Waals surface area contributed by atoms with E-state index in [2.05, 4.69) is 16.4 Å². The van der Waals surface area contributed by atoms with Crippen LogP contribution in [0, 0.1) is 6.92 Å². The van der Waals surface area contributed by atoms with Crippen LogP contribution in [0.3, 0.4) is 0 Å². The van der Waals surface area contributed by atoms with Gasteiger partial charge >= 0.3 is 0 Å². The van der Waals surface area contributed by atoms with Crippen LogP contribution < -0.4 is 5.32 Å². The summed E-state index contributed by atoms with van der Waals surface area (Å²) in [6.45, 7) is 1.91. The van der Waals surface area contributed by atoms with Crippen LogP contribution in [0.1, 0.15) is 11.3 Å². The highest BCUT2D eigenvalue weighted by Crippen LogP contribution is 2.21. The Labute approximate surface area is 121 Å². The Balaban J connectivity index is 1.81. The molecule has 20 heavy (non-hydrogen) atoms. The summed E-state index contributed by atoms with van der Waals surface area (Å²) < 4.78 is 2.05. The maximum atomic E-state index is 12.1. The second kappa shape index (κ2) is 5.09. The predicted octanol–water partition coefficient (Wildman–Crippen LogP) is 3.12. The van der Waals surface area contributed by atoms with Crippen molar-refractivity contribution in [3.05, 3.63) is 47.1 Å². The fraction of sp³-hybridized carbons (Fsp3) is 0.200. The molecule has 3 rings (SSSR count). The van der Waals surface area contributed by atoms with Crippen molar-refractivity contribution in [2.45, 2.75) is 13.3 Å². The van der Waals surface area contributed by atoms with Gasteiger partial charge in [0.1, 0.15) is 0 Å². The molecule has 0 spiro atoms. The number of aromatic nitrogens is 2. The van der Waals surface area contributed by atoms with Crippen molar-refractivity contribution in [1.82, 2.24) is 9.55 Å². The summed E-state index contributed by atoms with van der Waals surface area (Å²) in [5.74, 6) is -0.0318. The van der Waals surface area contributed by atoms with Crippen LogP contribution in [-0.4, -0.2) is 15.5 Å². The number of fused-ring (bicyclic) bond motifs is 1. The highest BCUT2D eigenvalue weighted by molar-refractivity contribution is 7.13. The molecule has 4 nitrogen and oxygen atoms in total. The average molecular weight is 285 g/mol. The van der Waals surface area contributed by atoms with Gasteiger partial charge in [0.15, 0.2) is 5.13 Å². The van der Waals surface area contributed by atoms with Crippen molar-refractivity contribution in [3.63, 3.8) is 0 Å².